The number of aliphatic hydroxyl groups excluding tert-OH is 1. The molecule has 10 atom stereocenters. The Balaban J connectivity index is 1.53. The first-order valence-corrected chi connectivity index (χ1v) is 14.7. The third-order valence-electron chi connectivity index (χ3n) is 13.8. The lowest BCUT2D eigenvalue weighted by atomic mass is 9.32. The van der Waals surface area contributed by atoms with Gasteiger partial charge in [0.2, 0.25) is 0 Å². The third-order valence-corrected chi connectivity index (χ3v) is 13.8. The molecule has 0 aromatic heterocycles. The summed E-state index contributed by atoms with van der Waals surface area (Å²) in [6, 6.07) is 0. The maximum absolute atomic E-state index is 11.9. The predicted molar refractivity (Wildman–Crippen MR) is 142 cm³/mol. The van der Waals surface area contributed by atoms with Gasteiger partial charge < -0.3 is 9.84 Å². The fourth-order valence-electron chi connectivity index (χ4n) is 11.8. The van der Waals surface area contributed by atoms with Gasteiger partial charge >= 0.3 is 5.97 Å². The number of allylic oxidation sites excluding steroid dienone is 1. The van der Waals surface area contributed by atoms with E-state index in [1.165, 1.54) is 63.4 Å². The summed E-state index contributed by atoms with van der Waals surface area (Å²) in [5.74, 6) is 3.04. The quantitative estimate of drug-likeness (QED) is 0.332. The molecule has 5 fully saturated rings. The minimum absolute atomic E-state index is 0.00826. The van der Waals surface area contributed by atoms with Crippen LogP contribution in [0, 0.1) is 56.7 Å². The van der Waals surface area contributed by atoms with Crippen molar-refractivity contribution in [3.63, 3.8) is 0 Å². The molecule has 5 aliphatic rings. The van der Waals surface area contributed by atoms with E-state index in [2.05, 4.69) is 48.1 Å². The van der Waals surface area contributed by atoms with E-state index in [0.29, 0.717) is 46.5 Å². The van der Waals surface area contributed by atoms with Gasteiger partial charge in [0, 0.05) is 12.3 Å². The SMILES string of the molecule is C=C(C)[C@@H]1CCC2(COC(C)=O)CC[C@]3(C)C(CCC4C3(C)CCC3C(C)(C)C(O)CC[C@@]34C)C12. The minimum Gasteiger partial charge on any atom is -0.465 e. The highest BCUT2D eigenvalue weighted by Crippen LogP contribution is 2.77. The summed E-state index contributed by atoms with van der Waals surface area (Å²) in [5, 5.41) is 10.9. The van der Waals surface area contributed by atoms with E-state index < -0.39 is 0 Å². The van der Waals surface area contributed by atoms with Crippen LogP contribution in [0.25, 0.3) is 0 Å². The summed E-state index contributed by atoms with van der Waals surface area (Å²) < 4.78 is 5.79. The smallest absolute Gasteiger partial charge is 0.302 e. The predicted octanol–water partition coefficient (Wildman–Crippen LogP) is 7.57. The molecule has 35 heavy (non-hydrogen) atoms. The van der Waals surface area contributed by atoms with E-state index >= 15 is 0 Å². The molecule has 7 unspecified atom stereocenters. The number of carbonyl (C=O) groups is 1. The van der Waals surface area contributed by atoms with Gasteiger partial charge in [-0.15, -0.1) is 0 Å². The molecule has 3 nitrogen and oxygen atoms in total. The summed E-state index contributed by atoms with van der Waals surface area (Å²) in [7, 11) is 0. The van der Waals surface area contributed by atoms with Crippen molar-refractivity contribution >= 4 is 5.97 Å². The molecule has 0 saturated heterocycles. The number of carbonyl (C=O) groups excluding carboxylic acids is 1. The molecule has 0 spiro atoms. The van der Waals surface area contributed by atoms with Crippen molar-refractivity contribution in [2.24, 2.45) is 56.7 Å². The second kappa shape index (κ2) is 8.08. The van der Waals surface area contributed by atoms with Crippen molar-refractivity contribution in [3.8, 4) is 0 Å². The lowest BCUT2D eigenvalue weighted by molar-refractivity contribution is -0.249. The van der Waals surface area contributed by atoms with Crippen LogP contribution < -0.4 is 0 Å². The Bertz CT molecular complexity index is 891. The molecule has 0 heterocycles. The molecule has 198 valence electrons. The fourth-order valence-corrected chi connectivity index (χ4v) is 11.8. The van der Waals surface area contributed by atoms with Gasteiger partial charge in [0.25, 0.3) is 0 Å². The van der Waals surface area contributed by atoms with Crippen LogP contribution in [-0.4, -0.2) is 23.8 Å². The van der Waals surface area contributed by atoms with Crippen molar-refractivity contribution in [3.05, 3.63) is 12.2 Å². The maximum atomic E-state index is 11.9. The number of hydrogen-bond acceptors (Lipinski definition) is 3. The average Bonchev–Trinajstić information content (AvgIpc) is 3.16. The molecule has 1 N–H and O–H groups in total. The lowest BCUT2D eigenvalue weighted by Gasteiger charge is -2.73. The van der Waals surface area contributed by atoms with Gasteiger partial charge in [0.1, 0.15) is 0 Å². The van der Waals surface area contributed by atoms with Crippen LogP contribution in [0.4, 0.5) is 0 Å². The topological polar surface area (TPSA) is 46.5 Å². The van der Waals surface area contributed by atoms with Crippen LogP contribution >= 0.6 is 0 Å². The van der Waals surface area contributed by atoms with Crippen LogP contribution in [0.2, 0.25) is 0 Å². The van der Waals surface area contributed by atoms with Gasteiger partial charge in [-0.1, -0.05) is 46.8 Å². The molecule has 0 radical (unpaired) electrons. The molecule has 0 bridgehead atoms. The van der Waals surface area contributed by atoms with Gasteiger partial charge in [-0.2, -0.15) is 0 Å². The van der Waals surface area contributed by atoms with E-state index in [4.69, 9.17) is 4.74 Å². The largest absolute Gasteiger partial charge is 0.465 e. The van der Waals surface area contributed by atoms with Gasteiger partial charge in [-0.05, 0) is 122 Å². The molecule has 5 saturated carbocycles. The summed E-state index contributed by atoms with van der Waals surface area (Å²) in [5.41, 5.74) is 2.45. The third kappa shape index (κ3) is 3.34. The molecule has 0 amide bonds. The van der Waals surface area contributed by atoms with Crippen molar-refractivity contribution in [1.29, 1.82) is 0 Å². The first-order chi connectivity index (χ1) is 16.2. The van der Waals surface area contributed by atoms with Crippen molar-refractivity contribution in [2.45, 2.75) is 119 Å². The molecule has 3 heteroatoms. The first kappa shape index (κ1) is 25.8. The van der Waals surface area contributed by atoms with Gasteiger partial charge in [0.05, 0.1) is 12.7 Å². The van der Waals surface area contributed by atoms with E-state index in [1.807, 2.05) is 0 Å². The standard InChI is InChI=1S/C32H52O3/c1-20(2)22-11-16-32(19-35-21(3)33)18-17-30(7)23(27(22)32)9-10-25-29(6)14-13-26(34)28(4,5)24(29)12-15-31(25,30)8/h22-27,34H,1,9-19H2,2-8H3/t22-,23?,24?,25?,26?,27?,29-,30+,31?,32?/m0/s1. The Morgan fingerprint density at radius 2 is 1.57 bits per heavy atom. The number of esters is 1. The molecule has 5 rings (SSSR count). The van der Waals surface area contributed by atoms with Gasteiger partial charge in [-0.25, -0.2) is 0 Å². The normalized spacial score (nSPS) is 52.5. The highest BCUT2D eigenvalue weighted by Gasteiger charge is 2.70. The highest BCUT2D eigenvalue weighted by molar-refractivity contribution is 5.65. The van der Waals surface area contributed by atoms with Gasteiger partial charge in [-0.3, -0.25) is 4.79 Å². The maximum Gasteiger partial charge on any atom is 0.302 e. The monoisotopic (exact) mass is 484 g/mol. The summed E-state index contributed by atoms with van der Waals surface area (Å²) in [6.07, 6.45) is 12.0. The van der Waals surface area contributed by atoms with Crippen molar-refractivity contribution in [1.82, 2.24) is 0 Å². The van der Waals surface area contributed by atoms with Gasteiger partial charge in [0.15, 0.2) is 0 Å². The van der Waals surface area contributed by atoms with Crippen LogP contribution in [0.5, 0.6) is 0 Å². The summed E-state index contributed by atoms with van der Waals surface area (Å²) in [6.45, 7) is 21.5. The molecule has 0 aromatic rings. The van der Waals surface area contributed by atoms with Crippen molar-refractivity contribution in [2.75, 3.05) is 6.61 Å². The number of hydrogen-bond donors (Lipinski definition) is 1. The molecule has 0 aliphatic heterocycles. The Morgan fingerprint density at radius 1 is 0.857 bits per heavy atom. The average molecular weight is 485 g/mol. The molecule has 0 aromatic carbocycles. The van der Waals surface area contributed by atoms with Crippen molar-refractivity contribution < 1.29 is 14.6 Å². The summed E-state index contributed by atoms with van der Waals surface area (Å²) in [4.78, 5) is 11.9. The Hall–Kier alpha value is -0.830. The second-order valence-electron chi connectivity index (χ2n) is 15.2. The van der Waals surface area contributed by atoms with E-state index in [9.17, 15) is 9.90 Å². The van der Waals surface area contributed by atoms with E-state index in [1.54, 1.807) is 6.92 Å². The zero-order valence-electron chi connectivity index (χ0n) is 23.7. The number of fused-ring (bicyclic) bond motifs is 7. The number of aliphatic hydroxyl groups is 1. The second-order valence-corrected chi connectivity index (χ2v) is 15.2. The Morgan fingerprint density at radius 3 is 2.23 bits per heavy atom. The first-order valence-electron chi connectivity index (χ1n) is 14.7. The van der Waals surface area contributed by atoms with Crippen LogP contribution in [0.3, 0.4) is 0 Å². The zero-order chi connectivity index (χ0) is 25.6. The molecular weight excluding hydrogens is 432 g/mol. The number of rotatable bonds is 3. The Kier molecular flexibility index (Phi) is 5.96. The lowest BCUT2D eigenvalue weighted by Crippen LogP contribution is -2.66. The Labute approximate surface area is 214 Å². The molecule has 5 aliphatic carbocycles. The van der Waals surface area contributed by atoms with E-state index in [-0.39, 0.29) is 22.9 Å². The van der Waals surface area contributed by atoms with E-state index in [0.717, 1.165) is 12.3 Å². The molecular formula is C32H52O3. The highest BCUT2D eigenvalue weighted by atomic mass is 16.5. The minimum atomic E-state index is -0.164. The fraction of sp³-hybridized carbons (Fsp3) is 0.906. The van der Waals surface area contributed by atoms with Crippen LogP contribution in [0.1, 0.15) is 113 Å². The summed E-state index contributed by atoms with van der Waals surface area (Å²) >= 11 is 0. The zero-order valence-corrected chi connectivity index (χ0v) is 23.7. The number of ether oxygens (including phenoxy) is 1. The van der Waals surface area contributed by atoms with Crippen LogP contribution in [0.15, 0.2) is 12.2 Å². The van der Waals surface area contributed by atoms with Crippen LogP contribution in [-0.2, 0) is 9.53 Å².